The quantitative estimate of drug-likeness (QED) is 0.512. The third kappa shape index (κ3) is 6.51. The third-order valence-electron chi connectivity index (χ3n) is 5.32. The molecule has 0 aliphatic heterocycles. The number of carbonyl (C=O) groups excluding carboxylic acids is 2. The fraction of sp³-hybridized carbons (Fsp3) is 0.259. The van der Waals surface area contributed by atoms with Gasteiger partial charge in [0, 0.05) is 19.5 Å². The summed E-state index contributed by atoms with van der Waals surface area (Å²) in [6, 6.07) is 24.8. The van der Waals surface area contributed by atoms with Gasteiger partial charge in [0.1, 0.15) is 11.9 Å². The Labute approximate surface area is 189 Å². The van der Waals surface area contributed by atoms with Gasteiger partial charge in [-0.05, 0) is 29.2 Å². The summed E-state index contributed by atoms with van der Waals surface area (Å²) in [5, 5.41) is 2.94. The molecule has 0 fully saturated rings. The summed E-state index contributed by atoms with van der Waals surface area (Å²) in [5.74, 6) is -0.907. The van der Waals surface area contributed by atoms with E-state index in [1.54, 1.807) is 23.1 Å². The van der Waals surface area contributed by atoms with Crippen LogP contribution >= 0.6 is 0 Å². The molecule has 2 amide bonds. The van der Waals surface area contributed by atoms with E-state index in [-0.39, 0.29) is 24.8 Å². The van der Waals surface area contributed by atoms with Crippen LogP contribution < -0.4 is 5.32 Å². The Bertz CT molecular complexity index is 1010. The Kier molecular flexibility index (Phi) is 8.55. The predicted octanol–water partition coefficient (Wildman–Crippen LogP) is 4.53. The van der Waals surface area contributed by atoms with E-state index in [0.717, 1.165) is 17.5 Å². The fourth-order valence-electron chi connectivity index (χ4n) is 3.61. The van der Waals surface area contributed by atoms with Crippen LogP contribution in [0.5, 0.6) is 0 Å². The number of amides is 2. The normalized spacial score (nSPS) is 11.6. The molecule has 0 unspecified atom stereocenters. The lowest BCUT2D eigenvalue weighted by Crippen LogP contribution is -2.51. The van der Waals surface area contributed by atoms with Crippen molar-refractivity contribution in [2.75, 3.05) is 6.54 Å². The van der Waals surface area contributed by atoms with Crippen LogP contribution in [0.1, 0.15) is 30.0 Å². The number of carbonyl (C=O) groups is 2. The second-order valence-electron chi connectivity index (χ2n) is 7.77. The van der Waals surface area contributed by atoms with Crippen LogP contribution in [0.3, 0.4) is 0 Å². The Morgan fingerprint density at radius 2 is 1.47 bits per heavy atom. The van der Waals surface area contributed by atoms with Gasteiger partial charge < -0.3 is 10.2 Å². The van der Waals surface area contributed by atoms with Crippen LogP contribution in [0.4, 0.5) is 4.39 Å². The molecule has 32 heavy (non-hydrogen) atoms. The van der Waals surface area contributed by atoms with Crippen LogP contribution in [0.2, 0.25) is 0 Å². The number of benzene rings is 3. The van der Waals surface area contributed by atoms with Crippen molar-refractivity contribution >= 4 is 11.8 Å². The molecule has 0 aliphatic rings. The van der Waals surface area contributed by atoms with Gasteiger partial charge in [-0.1, -0.05) is 85.8 Å². The molecule has 3 aromatic rings. The zero-order valence-corrected chi connectivity index (χ0v) is 18.3. The first-order valence-electron chi connectivity index (χ1n) is 11.0. The molecule has 4 nitrogen and oxygen atoms in total. The van der Waals surface area contributed by atoms with Crippen molar-refractivity contribution < 1.29 is 14.0 Å². The van der Waals surface area contributed by atoms with Crippen LogP contribution in [0, 0.1) is 5.82 Å². The number of rotatable bonds is 10. The summed E-state index contributed by atoms with van der Waals surface area (Å²) in [4.78, 5) is 28.2. The maximum Gasteiger partial charge on any atom is 0.243 e. The highest BCUT2D eigenvalue weighted by atomic mass is 19.1. The van der Waals surface area contributed by atoms with Gasteiger partial charge in [0.25, 0.3) is 0 Å². The lowest BCUT2D eigenvalue weighted by atomic mass is 10.0. The average molecular weight is 433 g/mol. The molecule has 166 valence electrons. The van der Waals surface area contributed by atoms with E-state index < -0.39 is 11.9 Å². The van der Waals surface area contributed by atoms with Crippen molar-refractivity contribution in [3.63, 3.8) is 0 Å². The Hall–Kier alpha value is -3.47. The van der Waals surface area contributed by atoms with Gasteiger partial charge in [0.05, 0.1) is 6.42 Å². The second kappa shape index (κ2) is 11.8. The number of nitrogens with zero attached hydrogens (tertiary/aromatic N) is 1. The van der Waals surface area contributed by atoms with Crippen molar-refractivity contribution in [3.05, 3.63) is 107 Å². The molecule has 3 aromatic carbocycles. The van der Waals surface area contributed by atoms with Gasteiger partial charge in [-0.3, -0.25) is 9.59 Å². The van der Waals surface area contributed by atoms with E-state index in [0.29, 0.717) is 18.5 Å². The molecule has 0 aromatic heterocycles. The SMILES string of the molecule is CCCNC(=O)[C@H](Cc1ccccc1)N(Cc1ccccc1)C(=O)Cc1ccccc1F. The summed E-state index contributed by atoms with van der Waals surface area (Å²) < 4.78 is 14.3. The first-order chi connectivity index (χ1) is 15.6. The molecule has 0 saturated heterocycles. The zero-order valence-electron chi connectivity index (χ0n) is 18.3. The molecule has 1 N–H and O–H groups in total. The van der Waals surface area contributed by atoms with Gasteiger partial charge in [0.15, 0.2) is 0 Å². The van der Waals surface area contributed by atoms with Crippen LogP contribution in [0.15, 0.2) is 84.9 Å². The van der Waals surface area contributed by atoms with Gasteiger partial charge in [-0.2, -0.15) is 0 Å². The van der Waals surface area contributed by atoms with Gasteiger partial charge >= 0.3 is 0 Å². The van der Waals surface area contributed by atoms with Gasteiger partial charge in [-0.15, -0.1) is 0 Å². The van der Waals surface area contributed by atoms with Gasteiger partial charge in [0.2, 0.25) is 11.8 Å². The van der Waals surface area contributed by atoms with Crippen molar-refractivity contribution in [3.8, 4) is 0 Å². The lowest BCUT2D eigenvalue weighted by Gasteiger charge is -2.31. The van der Waals surface area contributed by atoms with Gasteiger partial charge in [-0.25, -0.2) is 4.39 Å². The number of hydrogen-bond acceptors (Lipinski definition) is 2. The maximum absolute atomic E-state index is 14.3. The summed E-state index contributed by atoms with van der Waals surface area (Å²) >= 11 is 0. The van der Waals surface area contributed by atoms with E-state index in [1.807, 2.05) is 67.6 Å². The topological polar surface area (TPSA) is 49.4 Å². The minimum absolute atomic E-state index is 0.105. The monoisotopic (exact) mass is 432 g/mol. The van der Waals surface area contributed by atoms with Crippen molar-refractivity contribution in [1.29, 1.82) is 0 Å². The minimum atomic E-state index is -0.705. The van der Waals surface area contributed by atoms with Crippen LogP contribution in [-0.2, 0) is 29.0 Å². The summed E-state index contributed by atoms with van der Waals surface area (Å²) in [6.45, 7) is 2.79. The Balaban J connectivity index is 1.94. The standard InChI is InChI=1S/C27H29FN2O2/c1-2-17-29-27(32)25(18-21-11-5-3-6-12-21)30(20-22-13-7-4-8-14-22)26(31)19-23-15-9-10-16-24(23)28/h3-16,25H,2,17-20H2,1H3,(H,29,32)/t25-/m0/s1. The molecular weight excluding hydrogens is 403 g/mol. The largest absolute Gasteiger partial charge is 0.354 e. The number of nitrogens with one attached hydrogen (secondary N) is 1. The predicted molar refractivity (Wildman–Crippen MR) is 124 cm³/mol. The molecule has 3 rings (SSSR count). The highest BCUT2D eigenvalue weighted by Crippen LogP contribution is 2.17. The van der Waals surface area contributed by atoms with Crippen LogP contribution in [0.25, 0.3) is 0 Å². The molecule has 0 bridgehead atoms. The Morgan fingerprint density at radius 1 is 0.875 bits per heavy atom. The molecular formula is C27H29FN2O2. The summed E-state index contributed by atoms with van der Waals surface area (Å²) in [7, 11) is 0. The Morgan fingerprint density at radius 3 is 2.09 bits per heavy atom. The number of hydrogen-bond donors (Lipinski definition) is 1. The molecule has 0 radical (unpaired) electrons. The van der Waals surface area contributed by atoms with E-state index in [1.165, 1.54) is 6.07 Å². The first kappa shape index (κ1) is 23.2. The summed E-state index contributed by atoms with van der Waals surface area (Å²) in [5.41, 5.74) is 2.19. The zero-order chi connectivity index (χ0) is 22.8. The molecule has 5 heteroatoms. The highest BCUT2D eigenvalue weighted by Gasteiger charge is 2.30. The van der Waals surface area contributed by atoms with E-state index in [9.17, 15) is 14.0 Å². The van der Waals surface area contributed by atoms with Crippen molar-refractivity contribution in [2.45, 2.75) is 38.8 Å². The molecule has 0 saturated carbocycles. The smallest absolute Gasteiger partial charge is 0.243 e. The molecule has 1 atom stereocenters. The first-order valence-corrected chi connectivity index (χ1v) is 11.0. The summed E-state index contributed by atoms with van der Waals surface area (Å²) in [6.07, 6.45) is 1.07. The van der Waals surface area contributed by atoms with E-state index in [4.69, 9.17) is 0 Å². The highest BCUT2D eigenvalue weighted by molar-refractivity contribution is 5.88. The fourth-order valence-corrected chi connectivity index (χ4v) is 3.61. The lowest BCUT2D eigenvalue weighted by molar-refractivity contribution is -0.140. The third-order valence-corrected chi connectivity index (χ3v) is 5.32. The molecule has 0 heterocycles. The molecule has 0 spiro atoms. The van der Waals surface area contributed by atoms with Crippen LogP contribution in [-0.4, -0.2) is 29.3 Å². The maximum atomic E-state index is 14.3. The van der Waals surface area contributed by atoms with E-state index in [2.05, 4.69) is 5.32 Å². The van der Waals surface area contributed by atoms with E-state index >= 15 is 0 Å². The van der Waals surface area contributed by atoms with Crippen molar-refractivity contribution in [1.82, 2.24) is 10.2 Å². The molecule has 0 aliphatic carbocycles. The minimum Gasteiger partial charge on any atom is -0.354 e. The number of halogens is 1. The second-order valence-corrected chi connectivity index (χ2v) is 7.77. The van der Waals surface area contributed by atoms with Crippen molar-refractivity contribution in [2.24, 2.45) is 0 Å². The average Bonchev–Trinajstić information content (AvgIpc) is 2.82.